The zero-order valence-corrected chi connectivity index (χ0v) is 20.4. The highest BCUT2D eigenvalue weighted by atomic mass is 19.4. The number of amides is 2. The molecule has 0 radical (unpaired) electrons. The molecular formula is C26H24F3N5O3. The molecule has 8 nitrogen and oxygen atoms in total. The number of hydrogen-bond donors (Lipinski definition) is 0. The van der Waals surface area contributed by atoms with Gasteiger partial charge in [0.25, 0.3) is 0 Å². The second kappa shape index (κ2) is 9.97. The lowest BCUT2D eigenvalue weighted by Gasteiger charge is -2.41. The summed E-state index contributed by atoms with van der Waals surface area (Å²) in [5, 5.41) is 9.15. The van der Waals surface area contributed by atoms with Gasteiger partial charge in [-0.3, -0.25) is 9.89 Å². The quantitative estimate of drug-likeness (QED) is 0.557. The fourth-order valence-electron chi connectivity index (χ4n) is 4.38. The van der Waals surface area contributed by atoms with Crippen molar-refractivity contribution in [1.82, 2.24) is 9.80 Å². The highest BCUT2D eigenvalue weighted by Crippen LogP contribution is 2.40. The molecule has 2 heterocycles. The van der Waals surface area contributed by atoms with Crippen LogP contribution in [-0.2, 0) is 15.7 Å². The molecule has 0 aliphatic carbocycles. The number of aliphatic imine (C=N–C) groups is 1. The first-order valence-electron chi connectivity index (χ1n) is 11.4. The standard InChI is InChI=1S/C26H24F3N5O3/c1-16-22(24(35)37-14-21-13-31-15-32(21)2)23(18-9-7-17(12-30)8-10-18)33(3)25(36)34(16)20-6-4-5-19(11-20)26(27,28)29/h4-11,15,21,23H,13-14H2,1-3H3. The van der Waals surface area contributed by atoms with E-state index in [2.05, 4.69) is 4.99 Å². The third-order valence-electron chi connectivity index (χ3n) is 6.45. The summed E-state index contributed by atoms with van der Waals surface area (Å²) in [7, 11) is 3.27. The number of esters is 1. The normalized spacial score (nSPS) is 19.9. The predicted molar refractivity (Wildman–Crippen MR) is 130 cm³/mol. The van der Waals surface area contributed by atoms with Gasteiger partial charge < -0.3 is 14.5 Å². The zero-order chi connectivity index (χ0) is 26.9. The van der Waals surface area contributed by atoms with Crippen LogP contribution in [0.3, 0.4) is 0 Å². The molecule has 0 saturated carbocycles. The lowest BCUT2D eigenvalue weighted by Crippen LogP contribution is -2.49. The summed E-state index contributed by atoms with van der Waals surface area (Å²) >= 11 is 0. The van der Waals surface area contributed by atoms with Crippen LogP contribution in [0.1, 0.15) is 29.7 Å². The van der Waals surface area contributed by atoms with Gasteiger partial charge in [0.05, 0.1) is 53.4 Å². The second-order valence-electron chi connectivity index (χ2n) is 8.81. The molecule has 0 bridgehead atoms. The third kappa shape index (κ3) is 5.00. The highest BCUT2D eigenvalue weighted by Gasteiger charge is 2.42. The molecule has 2 amide bonds. The number of nitrogens with zero attached hydrogens (tertiary/aromatic N) is 5. The van der Waals surface area contributed by atoms with Crippen molar-refractivity contribution in [3.8, 4) is 6.07 Å². The Hall–Kier alpha value is -4.33. The molecule has 0 aromatic heterocycles. The van der Waals surface area contributed by atoms with Gasteiger partial charge in [-0.1, -0.05) is 18.2 Å². The molecule has 2 aliphatic heterocycles. The molecule has 0 N–H and O–H groups in total. The average molecular weight is 512 g/mol. The van der Waals surface area contributed by atoms with Gasteiger partial charge in [-0.15, -0.1) is 0 Å². The number of anilines is 1. The summed E-state index contributed by atoms with van der Waals surface area (Å²) in [6, 6.07) is 11.1. The van der Waals surface area contributed by atoms with Gasteiger partial charge in [-0.2, -0.15) is 18.4 Å². The van der Waals surface area contributed by atoms with E-state index in [0.717, 1.165) is 17.0 Å². The van der Waals surface area contributed by atoms with Crippen molar-refractivity contribution in [1.29, 1.82) is 5.26 Å². The maximum Gasteiger partial charge on any atom is 0.416 e. The second-order valence-corrected chi connectivity index (χ2v) is 8.81. The Morgan fingerprint density at radius 1 is 1.19 bits per heavy atom. The Balaban J connectivity index is 1.79. The predicted octanol–water partition coefficient (Wildman–Crippen LogP) is 4.35. The summed E-state index contributed by atoms with van der Waals surface area (Å²) in [6.45, 7) is 1.99. The van der Waals surface area contributed by atoms with Gasteiger partial charge in [0.2, 0.25) is 0 Å². The van der Waals surface area contributed by atoms with Crippen molar-refractivity contribution in [2.75, 3.05) is 32.1 Å². The number of hydrogen-bond acceptors (Lipinski definition) is 6. The Bertz CT molecular complexity index is 1310. The SMILES string of the molecule is CC1=C(C(=O)OCC2CN=CN2C)C(c2ccc(C#N)cc2)N(C)C(=O)N1c1cccc(C(F)(F)F)c1. The number of alkyl halides is 3. The average Bonchev–Trinajstić information content (AvgIpc) is 3.29. The number of halogens is 3. The maximum atomic E-state index is 13.5. The van der Waals surface area contributed by atoms with E-state index in [4.69, 9.17) is 10.00 Å². The highest BCUT2D eigenvalue weighted by molar-refractivity contribution is 6.03. The molecule has 192 valence electrons. The first-order valence-corrected chi connectivity index (χ1v) is 11.4. The van der Waals surface area contributed by atoms with Gasteiger partial charge in [-0.05, 0) is 42.8 Å². The summed E-state index contributed by atoms with van der Waals surface area (Å²) < 4.78 is 45.8. The Morgan fingerprint density at radius 2 is 1.89 bits per heavy atom. The minimum absolute atomic E-state index is 0.0309. The molecule has 4 rings (SSSR count). The number of allylic oxidation sites excluding steroid dienone is 1. The van der Waals surface area contributed by atoms with Crippen LogP contribution >= 0.6 is 0 Å². The molecule has 2 aliphatic rings. The lowest BCUT2D eigenvalue weighted by molar-refractivity contribution is -0.141. The summed E-state index contributed by atoms with van der Waals surface area (Å²) in [4.78, 5) is 35.3. The van der Waals surface area contributed by atoms with Crippen LogP contribution in [0.2, 0.25) is 0 Å². The fraction of sp³-hybridized carbons (Fsp3) is 0.308. The number of likely N-dealkylation sites (N-methyl/N-ethyl adjacent to an activating group) is 2. The smallest absolute Gasteiger partial charge is 0.416 e. The van der Waals surface area contributed by atoms with Gasteiger partial charge >= 0.3 is 18.2 Å². The van der Waals surface area contributed by atoms with Crippen LogP contribution < -0.4 is 4.90 Å². The fourth-order valence-corrected chi connectivity index (χ4v) is 4.38. The van der Waals surface area contributed by atoms with Crippen molar-refractivity contribution in [3.63, 3.8) is 0 Å². The third-order valence-corrected chi connectivity index (χ3v) is 6.45. The minimum Gasteiger partial charge on any atom is -0.460 e. The van der Waals surface area contributed by atoms with Gasteiger partial charge in [0.15, 0.2) is 0 Å². The maximum absolute atomic E-state index is 13.5. The van der Waals surface area contributed by atoms with Crippen molar-refractivity contribution < 1.29 is 27.5 Å². The zero-order valence-electron chi connectivity index (χ0n) is 20.4. The van der Waals surface area contributed by atoms with Crippen LogP contribution in [0.25, 0.3) is 0 Å². The first kappa shape index (κ1) is 25.8. The van der Waals surface area contributed by atoms with E-state index in [0.29, 0.717) is 17.7 Å². The number of benzene rings is 2. The molecule has 0 spiro atoms. The van der Waals surface area contributed by atoms with E-state index in [1.54, 1.807) is 30.6 Å². The van der Waals surface area contributed by atoms with Gasteiger partial charge in [0, 0.05) is 19.8 Å². The summed E-state index contributed by atoms with van der Waals surface area (Å²) in [5.41, 5.74) is 0.246. The number of nitriles is 1. The van der Waals surface area contributed by atoms with Crippen molar-refractivity contribution in [2.45, 2.75) is 25.2 Å². The van der Waals surface area contributed by atoms with Crippen molar-refractivity contribution in [3.05, 3.63) is 76.5 Å². The molecule has 37 heavy (non-hydrogen) atoms. The van der Waals surface area contributed by atoms with Gasteiger partial charge in [-0.25, -0.2) is 9.59 Å². The molecule has 2 aromatic carbocycles. The summed E-state index contributed by atoms with van der Waals surface area (Å²) in [5.74, 6) is -0.705. The largest absolute Gasteiger partial charge is 0.460 e. The number of carbonyl (C=O) groups excluding carboxylic acids is 2. The van der Waals surface area contributed by atoms with E-state index in [1.165, 1.54) is 31.0 Å². The van der Waals surface area contributed by atoms with Crippen LogP contribution in [0.15, 0.2) is 64.8 Å². The van der Waals surface area contributed by atoms with Gasteiger partial charge in [0.1, 0.15) is 6.61 Å². The monoisotopic (exact) mass is 511 g/mol. The topological polar surface area (TPSA) is 89.2 Å². The van der Waals surface area contributed by atoms with Crippen molar-refractivity contribution >= 4 is 24.0 Å². The van der Waals surface area contributed by atoms with E-state index >= 15 is 0 Å². The Morgan fingerprint density at radius 3 is 2.49 bits per heavy atom. The van der Waals surface area contributed by atoms with E-state index in [9.17, 15) is 22.8 Å². The molecule has 2 unspecified atom stereocenters. The number of urea groups is 1. The molecule has 11 heteroatoms. The van der Waals surface area contributed by atoms with E-state index < -0.39 is 29.8 Å². The lowest BCUT2D eigenvalue weighted by atomic mass is 9.92. The molecule has 0 saturated heterocycles. The van der Waals surface area contributed by atoms with Crippen LogP contribution in [0.5, 0.6) is 0 Å². The van der Waals surface area contributed by atoms with Crippen LogP contribution in [-0.4, -0.2) is 61.4 Å². The van der Waals surface area contributed by atoms with E-state index in [1.807, 2.05) is 18.0 Å². The number of carbonyl (C=O) groups is 2. The van der Waals surface area contributed by atoms with Crippen molar-refractivity contribution in [2.24, 2.45) is 4.99 Å². The number of ether oxygens (including phenoxy) is 1. The molecule has 0 fully saturated rings. The Labute approximate surface area is 211 Å². The minimum atomic E-state index is -4.61. The molecule has 2 atom stereocenters. The van der Waals surface area contributed by atoms with Crippen LogP contribution in [0.4, 0.5) is 23.7 Å². The molecular weight excluding hydrogens is 487 g/mol. The number of rotatable bonds is 5. The van der Waals surface area contributed by atoms with Crippen LogP contribution in [0, 0.1) is 11.3 Å². The first-order chi connectivity index (χ1) is 17.5. The molecule has 2 aromatic rings. The van der Waals surface area contributed by atoms with E-state index in [-0.39, 0.29) is 29.6 Å². The summed E-state index contributed by atoms with van der Waals surface area (Å²) in [6.07, 6.45) is -2.97. The Kier molecular flexibility index (Phi) is 6.94.